The highest BCUT2D eigenvalue weighted by Gasteiger charge is 2.43. The van der Waals surface area contributed by atoms with Gasteiger partial charge >= 0.3 is 5.97 Å². The Bertz CT molecular complexity index is 1050. The smallest absolute Gasteiger partial charge is 0.344 e. The van der Waals surface area contributed by atoms with Crippen molar-refractivity contribution in [2.24, 2.45) is 0 Å². The van der Waals surface area contributed by atoms with Gasteiger partial charge in [-0.1, -0.05) is 35.0 Å². The minimum atomic E-state index is -0.704. The Morgan fingerprint density at radius 1 is 1.39 bits per heavy atom. The summed E-state index contributed by atoms with van der Waals surface area (Å²) in [7, 11) is 1.31. The Morgan fingerprint density at radius 3 is 2.75 bits per heavy atom. The van der Waals surface area contributed by atoms with Gasteiger partial charge in [-0.2, -0.15) is 5.10 Å². The third kappa shape index (κ3) is 3.00. The van der Waals surface area contributed by atoms with Crippen molar-refractivity contribution in [2.45, 2.75) is 38.2 Å². The number of carbonyl (C=O) groups excluding carboxylic acids is 1. The molecule has 0 radical (unpaired) electrons. The number of nitrogens with one attached hydrogen (secondary N) is 1. The van der Waals surface area contributed by atoms with Crippen LogP contribution >= 0.6 is 11.6 Å². The van der Waals surface area contributed by atoms with Crippen molar-refractivity contribution in [1.29, 1.82) is 0 Å². The number of halogens is 1. The third-order valence-corrected chi connectivity index (χ3v) is 5.50. The van der Waals surface area contributed by atoms with Crippen molar-refractivity contribution in [3.63, 3.8) is 0 Å². The van der Waals surface area contributed by atoms with Crippen LogP contribution in [0.3, 0.4) is 0 Å². The Kier molecular flexibility index (Phi) is 4.51. The van der Waals surface area contributed by atoms with E-state index in [1.54, 1.807) is 25.1 Å². The molecule has 1 fully saturated rings. The molecule has 0 bridgehead atoms. The van der Waals surface area contributed by atoms with Crippen LogP contribution in [0.2, 0.25) is 5.02 Å². The number of aromatic amines is 1. The average Bonchev–Trinajstić information content (AvgIpc) is 3.22. The van der Waals surface area contributed by atoms with E-state index >= 15 is 0 Å². The minimum absolute atomic E-state index is 0.0642. The molecule has 4 rings (SSSR count). The van der Waals surface area contributed by atoms with Gasteiger partial charge in [0.05, 0.1) is 29.0 Å². The number of hydrogen-bond acceptors (Lipinski definition) is 6. The summed E-state index contributed by atoms with van der Waals surface area (Å²) in [4.78, 5) is 12.6. The fraction of sp³-hybridized carbons (Fsp3) is 0.350. The molecule has 2 N–H and O–H groups in total. The highest BCUT2D eigenvalue weighted by atomic mass is 35.5. The first kappa shape index (κ1) is 18.7. The summed E-state index contributed by atoms with van der Waals surface area (Å²) in [6.07, 6.45) is 1.17. The normalized spacial score (nSPS) is 21.4. The molecule has 0 unspecified atom stereocenters. The lowest BCUT2D eigenvalue weighted by molar-refractivity contribution is -0.0322. The van der Waals surface area contributed by atoms with E-state index in [2.05, 4.69) is 15.4 Å². The van der Waals surface area contributed by atoms with E-state index in [9.17, 15) is 9.90 Å². The number of aromatic nitrogens is 3. The van der Waals surface area contributed by atoms with Crippen LogP contribution in [0.1, 0.15) is 47.4 Å². The second-order valence-corrected chi connectivity index (χ2v) is 7.82. The standard InChI is InChI=1S/C20H20ClN3O4/c1-10-14(16(23-22-10)11-8-20(2,26)9-11)18-15(19(25)27-3)17(24-28-18)12-6-4-5-7-13(12)21/h4-7,11,26H,8-9H2,1-3H3,(H,22,23). The number of esters is 1. The van der Waals surface area contributed by atoms with Crippen LogP contribution in [0.15, 0.2) is 28.8 Å². The summed E-state index contributed by atoms with van der Waals surface area (Å²) in [5, 5.41) is 22.1. The molecule has 2 aromatic heterocycles. The minimum Gasteiger partial charge on any atom is -0.465 e. The van der Waals surface area contributed by atoms with E-state index in [1.165, 1.54) is 7.11 Å². The highest BCUT2D eigenvalue weighted by molar-refractivity contribution is 6.33. The van der Waals surface area contributed by atoms with E-state index in [4.69, 9.17) is 20.9 Å². The molecule has 1 aromatic carbocycles. The summed E-state index contributed by atoms with van der Waals surface area (Å²) < 4.78 is 10.6. The van der Waals surface area contributed by atoms with E-state index in [1.807, 2.05) is 13.0 Å². The third-order valence-electron chi connectivity index (χ3n) is 5.17. The molecule has 7 nitrogen and oxygen atoms in total. The lowest BCUT2D eigenvalue weighted by atomic mass is 9.69. The number of carbonyl (C=O) groups is 1. The largest absolute Gasteiger partial charge is 0.465 e. The predicted octanol–water partition coefficient (Wildman–Crippen LogP) is 4.11. The van der Waals surface area contributed by atoms with Crippen molar-refractivity contribution in [3.8, 4) is 22.6 Å². The van der Waals surface area contributed by atoms with Gasteiger partial charge in [-0.05, 0) is 32.8 Å². The molecule has 0 amide bonds. The Balaban J connectivity index is 1.88. The van der Waals surface area contributed by atoms with Crippen molar-refractivity contribution in [2.75, 3.05) is 7.11 Å². The van der Waals surface area contributed by atoms with Gasteiger partial charge in [0.1, 0.15) is 11.3 Å². The second kappa shape index (κ2) is 6.76. The number of methoxy groups -OCH3 is 1. The first-order valence-corrected chi connectivity index (χ1v) is 9.30. The fourth-order valence-corrected chi connectivity index (χ4v) is 4.04. The number of aliphatic hydroxyl groups is 1. The molecule has 0 spiro atoms. The summed E-state index contributed by atoms with van der Waals surface area (Å²) in [6, 6.07) is 7.09. The number of hydrogen-bond donors (Lipinski definition) is 2. The van der Waals surface area contributed by atoms with E-state index < -0.39 is 11.6 Å². The number of H-pyrrole nitrogens is 1. The second-order valence-electron chi connectivity index (χ2n) is 7.42. The zero-order valence-corrected chi connectivity index (χ0v) is 16.5. The van der Waals surface area contributed by atoms with Crippen molar-refractivity contribution in [3.05, 3.63) is 46.2 Å². The summed E-state index contributed by atoms with van der Waals surface area (Å²) in [5.74, 6) is -0.220. The molecule has 0 atom stereocenters. The molecule has 0 aliphatic heterocycles. The van der Waals surface area contributed by atoms with Gasteiger partial charge in [0.25, 0.3) is 0 Å². The maximum absolute atomic E-state index is 12.6. The molecule has 1 aliphatic carbocycles. The summed E-state index contributed by atoms with van der Waals surface area (Å²) in [6.45, 7) is 3.65. The van der Waals surface area contributed by atoms with Gasteiger partial charge in [-0.25, -0.2) is 4.79 Å². The monoisotopic (exact) mass is 401 g/mol. The Hall–Kier alpha value is -2.64. The molecule has 28 heavy (non-hydrogen) atoms. The van der Waals surface area contributed by atoms with Gasteiger partial charge in [-0.15, -0.1) is 0 Å². The summed E-state index contributed by atoms with van der Waals surface area (Å²) in [5.41, 5.74) is 2.56. The molecule has 1 saturated carbocycles. The van der Waals surface area contributed by atoms with E-state index in [0.29, 0.717) is 34.7 Å². The molecule has 0 saturated heterocycles. The van der Waals surface area contributed by atoms with Crippen LogP contribution in [0, 0.1) is 6.92 Å². The van der Waals surface area contributed by atoms with Crippen molar-refractivity contribution >= 4 is 17.6 Å². The van der Waals surface area contributed by atoms with Crippen LogP contribution in [-0.4, -0.2) is 39.1 Å². The van der Waals surface area contributed by atoms with Crippen molar-refractivity contribution in [1.82, 2.24) is 15.4 Å². The number of rotatable bonds is 4. The molecular formula is C20H20ClN3O4. The maximum atomic E-state index is 12.6. The lowest BCUT2D eigenvalue weighted by Crippen LogP contribution is -2.39. The van der Waals surface area contributed by atoms with E-state index in [0.717, 1.165) is 11.4 Å². The van der Waals surface area contributed by atoms with Crippen LogP contribution < -0.4 is 0 Å². The van der Waals surface area contributed by atoms with Crippen LogP contribution in [0.5, 0.6) is 0 Å². The highest BCUT2D eigenvalue weighted by Crippen LogP contribution is 2.48. The van der Waals surface area contributed by atoms with E-state index in [-0.39, 0.29) is 17.2 Å². The fourth-order valence-electron chi connectivity index (χ4n) is 3.81. The predicted molar refractivity (Wildman–Crippen MR) is 103 cm³/mol. The molecule has 1 aliphatic rings. The number of aryl methyl sites for hydroxylation is 1. The zero-order chi connectivity index (χ0) is 20.1. The molecule has 2 heterocycles. The Labute approximate surface area is 166 Å². The van der Waals surface area contributed by atoms with Crippen LogP contribution in [0.4, 0.5) is 0 Å². The quantitative estimate of drug-likeness (QED) is 0.638. The lowest BCUT2D eigenvalue weighted by Gasteiger charge is -2.40. The van der Waals surface area contributed by atoms with Crippen LogP contribution in [-0.2, 0) is 4.74 Å². The number of benzene rings is 1. The Morgan fingerprint density at radius 2 is 2.11 bits per heavy atom. The van der Waals surface area contributed by atoms with Gasteiger partial charge in [0, 0.05) is 17.2 Å². The van der Waals surface area contributed by atoms with Crippen molar-refractivity contribution < 1.29 is 19.2 Å². The molecular weight excluding hydrogens is 382 g/mol. The van der Waals surface area contributed by atoms with Crippen LogP contribution in [0.25, 0.3) is 22.6 Å². The number of nitrogens with zero attached hydrogens (tertiary/aromatic N) is 2. The SMILES string of the molecule is COC(=O)c1c(-c2ccccc2Cl)noc1-c1c(C2CC(C)(O)C2)n[nH]c1C. The van der Waals surface area contributed by atoms with Gasteiger partial charge < -0.3 is 14.4 Å². The first-order chi connectivity index (χ1) is 13.3. The molecule has 3 aromatic rings. The maximum Gasteiger partial charge on any atom is 0.344 e. The van der Waals surface area contributed by atoms with Gasteiger partial charge in [0.15, 0.2) is 5.76 Å². The molecule has 146 valence electrons. The topological polar surface area (TPSA) is 101 Å². The summed E-state index contributed by atoms with van der Waals surface area (Å²) >= 11 is 6.31. The number of ether oxygens (including phenoxy) is 1. The van der Waals surface area contributed by atoms with Gasteiger partial charge in [-0.3, -0.25) is 5.10 Å². The molecule has 8 heteroatoms. The first-order valence-electron chi connectivity index (χ1n) is 8.93. The zero-order valence-electron chi connectivity index (χ0n) is 15.7. The average molecular weight is 402 g/mol. The van der Waals surface area contributed by atoms with Gasteiger partial charge in [0.2, 0.25) is 0 Å².